The Kier molecular flexibility index (Phi) is 5.73. The summed E-state index contributed by atoms with van der Waals surface area (Å²) in [6, 6.07) is 0. The molecule has 1 aromatic heterocycles. The first kappa shape index (κ1) is 15.2. The van der Waals surface area contributed by atoms with Gasteiger partial charge in [-0.05, 0) is 39.0 Å². The maximum atomic E-state index is 11.9. The van der Waals surface area contributed by atoms with Crippen molar-refractivity contribution in [1.82, 2.24) is 10.3 Å². The first-order valence-electron chi connectivity index (χ1n) is 7.18. The predicted molar refractivity (Wildman–Crippen MR) is 80.8 cm³/mol. The van der Waals surface area contributed by atoms with Gasteiger partial charge in [0.1, 0.15) is 11.1 Å². The average Bonchev–Trinajstić information content (AvgIpc) is 2.87. The van der Waals surface area contributed by atoms with E-state index in [-0.39, 0.29) is 5.91 Å². The largest absolute Gasteiger partial charge is 0.368 e. The molecule has 1 N–H and O–H groups in total. The highest BCUT2D eigenvalue weighted by Crippen LogP contribution is 2.26. The van der Waals surface area contributed by atoms with Gasteiger partial charge >= 0.3 is 0 Å². The summed E-state index contributed by atoms with van der Waals surface area (Å²) in [5.41, 5.74) is 1.24. The molecule has 4 nitrogen and oxygen atoms in total. The number of nitrogens with one attached hydrogen (secondary N) is 1. The lowest BCUT2D eigenvalue weighted by molar-refractivity contribution is -0.131. The van der Waals surface area contributed by atoms with E-state index in [2.05, 4.69) is 16.9 Å². The van der Waals surface area contributed by atoms with Crippen LogP contribution >= 0.6 is 11.3 Å². The van der Waals surface area contributed by atoms with Crippen molar-refractivity contribution < 1.29 is 9.53 Å². The van der Waals surface area contributed by atoms with Gasteiger partial charge in [-0.3, -0.25) is 4.79 Å². The van der Waals surface area contributed by atoms with Gasteiger partial charge in [0.05, 0.1) is 18.8 Å². The van der Waals surface area contributed by atoms with Crippen LogP contribution in [0, 0.1) is 0 Å². The molecule has 0 aliphatic heterocycles. The average molecular weight is 294 g/mol. The lowest BCUT2D eigenvalue weighted by atomic mass is 10.0. The fourth-order valence-corrected chi connectivity index (χ4v) is 3.29. The highest BCUT2D eigenvalue weighted by atomic mass is 32.1. The Morgan fingerprint density at radius 1 is 1.55 bits per heavy atom. The van der Waals surface area contributed by atoms with Gasteiger partial charge in [0, 0.05) is 4.88 Å². The number of nitrogens with zero attached hydrogens (tertiary/aromatic N) is 1. The van der Waals surface area contributed by atoms with Gasteiger partial charge < -0.3 is 10.1 Å². The number of hydrogen-bond donors (Lipinski definition) is 1. The summed E-state index contributed by atoms with van der Waals surface area (Å²) in [7, 11) is 0. The molecular formula is C15H22N2O2S. The zero-order valence-electron chi connectivity index (χ0n) is 12.0. The zero-order chi connectivity index (χ0) is 14.4. The minimum atomic E-state index is -0.426. The second-order valence-corrected chi connectivity index (χ2v) is 6.16. The summed E-state index contributed by atoms with van der Waals surface area (Å²) in [6.45, 7) is 6.43. The Bertz CT molecular complexity index is 447. The van der Waals surface area contributed by atoms with E-state index in [9.17, 15) is 4.79 Å². The molecule has 2 rings (SSSR count). The van der Waals surface area contributed by atoms with E-state index in [1.165, 1.54) is 23.4 Å². The van der Waals surface area contributed by atoms with Crippen molar-refractivity contribution in [3.8, 4) is 0 Å². The van der Waals surface area contributed by atoms with Gasteiger partial charge in [-0.1, -0.05) is 6.08 Å². The smallest absolute Gasteiger partial charge is 0.249 e. The SMILES string of the molecule is C=CCCO[C@H](C)C(=O)NCc1nc2c(s1)CCCC2. The predicted octanol–water partition coefficient (Wildman–Crippen LogP) is 2.62. The highest BCUT2D eigenvalue weighted by molar-refractivity contribution is 7.11. The number of thiazole rings is 1. The van der Waals surface area contributed by atoms with E-state index in [1.807, 2.05) is 0 Å². The first-order valence-corrected chi connectivity index (χ1v) is 8.00. The third kappa shape index (κ3) is 4.15. The number of ether oxygens (including phenoxy) is 1. The van der Waals surface area contributed by atoms with Gasteiger partial charge in [-0.15, -0.1) is 17.9 Å². The second kappa shape index (κ2) is 7.55. The van der Waals surface area contributed by atoms with Crippen molar-refractivity contribution in [3.05, 3.63) is 28.2 Å². The van der Waals surface area contributed by atoms with E-state index in [1.54, 1.807) is 24.3 Å². The molecule has 0 saturated carbocycles. The zero-order valence-corrected chi connectivity index (χ0v) is 12.8. The normalized spacial score (nSPS) is 15.4. The molecule has 0 spiro atoms. The van der Waals surface area contributed by atoms with Crippen LogP contribution in [0.15, 0.2) is 12.7 Å². The van der Waals surface area contributed by atoms with Crippen molar-refractivity contribution in [2.24, 2.45) is 0 Å². The number of carbonyl (C=O) groups is 1. The van der Waals surface area contributed by atoms with Crippen molar-refractivity contribution in [3.63, 3.8) is 0 Å². The number of fused-ring (bicyclic) bond motifs is 1. The number of aromatic nitrogens is 1. The third-order valence-electron chi connectivity index (χ3n) is 3.36. The molecule has 1 heterocycles. The molecule has 20 heavy (non-hydrogen) atoms. The summed E-state index contributed by atoms with van der Waals surface area (Å²) in [5.74, 6) is -0.0813. The molecule has 1 aliphatic rings. The van der Waals surface area contributed by atoms with Crippen molar-refractivity contribution in [2.45, 2.75) is 51.7 Å². The van der Waals surface area contributed by atoms with E-state index >= 15 is 0 Å². The molecule has 5 heteroatoms. The van der Waals surface area contributed by atoms with Crippen LogP contribution < -0.4 is 5.32 Å². The molecular weight excluding hydrogens is 272 g/mol. The minimum absolute atomic E-state index is 0.0813. The van der Waals surface area contributed by atoms with E-state index in [0.717, 1.165) is 24.3 Å². The molecule has 110 valence electrons. The second-order valence-electron chi connectivity index (χ2n) is 4.99. The fourth-order valence-electron chi connectivity index (χ4n) is 2.19. The number of carbonyl (C=O) groups excluding carboxylic acids is 1. The van der Waals surface area contributed by atoms with Gasteiger partial charge in [-0.2, -0.15) is 0 Å². The first-order chi connectivity index (χ1) is 9.70. The van der Waals surface area contributed by atoms with E-state index in [4.69, 9.17) is 4.74 Å². The van der Waals surface area contributed by atoms with E-state index in [0.29, 0.717) is 13.2 Å². The summed E-state index contributed by atoms with van der Waals surface area (Å²) in [5, 5.41) is 3.90. The Labute approximate surface area is 124 Å². The van der Waals surface area contributed by atoms with Crippen molar-refractivity contribution in [1.29, 1.82) is 0 Å². The summed E-state index contributed by atoms with van der Waals surface area (Å²) < 4.78 is 5.41. The minimum Gasteiger partial charge on any atom is -0.368 e. The number of hydrogen-bond acceptors (Lipinski definition) is 4. The van der Waals surface area contributed by atoms with Gasteiger partial charge in [0.25, 0.3) is 0 Å². The van der Waals surface area contributed by atoms with Crippen LogP contribution in [0.2, 0.25) is 0 Å². The highest BCUT2D eigenvalue weighted by Gasteiger charge is 2.17. The molecule has 0 bridgehead atoms. The van der Waals surface area contributed by atoms with Crippen LogP contribution in [0.3, 0.4) is 0 Å². The summed E-state index contributed by atoms with van der Waals surface area (Å²) >= 11 is 1.73. The maximum absolute atomic E-state index is 11.9. The lowest BCUT2D eigenvalue weighted by Gasteiger charge is -2.11. The fraction of sp³-hybridized carbons (Fsp3) is 0.600. The third-order valence-corrected chi connectivity index (χ3v) is 4.52. The molecule has 0 aromatic carbocycles. The number of amides is 1. The maximum Gasteiger partial charge on any atom is 0.249 e. The topological polar surface area (TPSA) is 51.2 Å². The Morgan fingerprint density at radius 3 is 3.10 bits per heavy atom. The van der Waals surface area contributed by atoms with Gasteiger partial charge in [0.15, 0.2) is 0 Å². The molecule has 1 amide bonds. The number of aryl methyl sites for hydroxylation is 2. The van der Waals surface area contributed by atoms with Gasteiger partial charge in [0.2, 0.25) is 5.91 Å². The monoisotopic (exact) mass is 294 g/mol. The molecule has 0 fully saturated rings. The summed E-state index contributed by atoms with van der Waals surface area (Å²) in [4.78, 5) is 17.9. The standard InChI is InChI=1S/C15H22N2O2S/c1-3-4-9-19-11(2)15(18)16-10-14-17-12-7-5-6-8-13(12)20-14/h3,11H,1,4-10H2,2H3,(H,16,18)/t11-/m1/s1. The van der Waals surface area contributed by atoms with Gasteiger partial charge in [-0.25, -0.2) is 4.98 Å². The molecule has 1 aliphatic carbocycles. The van der Waals surface area contributed by atoms with Crippen LogP contribution in [0.1, 0.15) is 41.8 Å². The van der Waals surface area contributed by atoms with Crippen LogP contribution in [-0.4, -0.2) is 23.6 Å². The number of rotatable bonds is 7. The molecule has 1 aromatic rings. The van der Waals surface area contributed by atoms with E-state index < -0.39 is 6.10 Å². The lowest BCUT2D eigenvalue weighted by Crippen LogP contribution is -2.34. The Morgan fingerprint density at radius 2 is 2.35 bits per heavy atom. The van der Waals surface area contributed by atoms with Crippen LogP contribution in [-0.2, 0) is 28.9 Å². The molecule has 0 unspecified atom stereocenters. The quantitative estimate of drug-likeness (QED) is 0.621. The summed E-state index contributed by atoms with van der Waals surface area (Å²) in [6.07, 6.45) is 6.83. The van der Waals surface area contributed by atoms with Crippen LogP contribution in [0.4, 0.5) is 0 Å². The molecule has 1 atom stereocenters. The molecule has 0 saturated heterocycles. The van der Waals surface area contributed by atoms with Crippen LogP contribution in [0.25, 0.3) is 0 Å². The Balaban J connectivity index is 1.77. The van der Waals surface area contributed by atoms with Crippen molar-refractivity contribution in [2.75, 3.05) is 6.61 Å². The molecule has 0 radical (unpaired) electrons. The van der Waals surface area contributed by atoms with Crippen molar-refractivity contribution >= 4 is 17.2 Å². The van der Waals surface area contributed by atoms with Crippen LogP contribution in [0.5, 0.6) is 0 Å². The Hall–Kier alpha value is -1.20.